The summed E-state index contributed by atoms with van der Waals surface area (Å²) in [5, 5.41) is 17.3. The minimum Gasteiger partial charge on any atom is -0.393 e. The molecule has 1 aromatic heterocycles. The number of anilines is 1. The van der Waals surface area contributed by atoms with Gasteiger partial charge >= 0.3 is 12.2 Å². The van der Waals surface area contributed by atoms with Gasteiger partial charge < -0.3 is 21.1 Å². The molecule has 216 valence electrons. The number of carbonyl (C=O) groups is 2. The second-order valence-corrected chi connectivity index (χ2v) is 10.5. The molecule has 11 heteroatoms. The van der Waals surface area contributed by atoms with Crippen LogP contribution < -0.4 is 16.0 Å². The molecule has 1 saturated carbocycles. The predicted octanol–water partition coefficient (Wildman–Crippen LogP) is 5.48. The van der Waals surface area contributed by atoms with Crippen LogP contribution in [0.2, 0.25) is 0 Å². The molecule has 1 heterocycles. The summed E-state index contributed by atoms with van der Waals surface area (Å²) in [7, 11) is 0. The number of amides is 3. The Kier molecular flexibility index (Phi) is 8.44. The van der Waals surface area contributed by atoms with Gasteiger partial charge in [-0.25, -0.2) is 9.78 Å². The number of alkyl halides is 3. The molecular weight excluding hydrogens is 535 g/mol. The number of benzene rings is 2. The maximum atomic E-state index is 12.7. The molecule has 3 aromatic rings. The van der Waals surface area contributed by atoms with E-state index in [2.05, 4.69) is 15.6 Å². The first-order valence-corrected chi connectivity index (χ1v) is 13.7. The number of aliphatic hydroxyl groups is 1. The molecule has 4 N–H and O–H groups in total. The van der Waals surface area contributed by atoms with E-state index in [0.29, 0.717) is 30.8 Å². The number of aliphatic hydroxyl groups excluding tert-OH is 1. The van der Waals surface area contributed by atoms with Crippen LogP contribution in [0.5, 0.6) is 0 Å². The highest BCUT2D eigenvalue weighted by atomic mass is 19.4. The number of aromatic nitrogens is 2. The van der Waals surface area contributed by atoms with E-state index in [1.165, 1.54) is 0 Å². The molecule has 2 atom stereocenters. The second kappa shape index (κ2) is 12.2. The van der Waals surface area contributed by atoms with Crippen LogP contribution in [0.1, 0.15) is 44.1 Å². The second-order valence-electron chi connectivity index (χ2n) is 10.5. The molecule has 41 heavy (non-hydrogen) atoms. The number of nitrogens with zero attached hydrogens (tertiary/aromatic N) is 2. The zero-order chi connectivity index (χ0) is 29.0. The lowest BCUT2D eigenvalue weighted by Gasteiger charge is -2.27. The predicted molar refractivity (Wildman–Crippen MR) is 150 cm³/mol. The van der Waals surface area contributed by atoms with Gasteiger partial charge in [-0.05, 0) is 67.2 Å². The molecule has 0 saturated heterocycles. The van der Waals surface area contributed by atoms with E-state index >= 15 is 0 Å². The lowest BCUT2D eigenvalue weighted by atomic mass is 9.86. The third-order valence-electron chi connectivity index (χ3n) is 7.58. The molecule has 0 radical (unpaired) electrons. The zero-order valence-corrected chi connectivity index (χ0v) is 22.4. The average Bonchev–Trinajstić information content (AvgIpc) is 3.39. The number of fused-ring (bicyclic) bond motifs is 1. The first-order valence-electron chi connectivity index (χ1n) is 13.7. The van der Waals surface area contributed by atoms with E-state index in [1.807, 2.05) is 41.0 Å². The standard InChI is InChI=1S/C30H32F3N5O3/c31-30(32,33)17-35-29(41)37-23-5-3-6-24(15-23)38-18-36-25-14-21(12-13-26(25)38)19-8-10-20(11-9-19)28(40)34-16-22-4-1-2-7-27(22)39/h3,5-6,8,10,12-15,18,22,27,39H,1-2,4,7,9,11,16-17H2,(H,34,40)(H2,35,37,41). The van der Waals surface area contributed by atoms with E-state index in [0.717, 1.165) is 53.4 Å². The topological polar surface area (TPSA) is 108 Å². The number of imidazole rings is 1. The van der Waals surface area contributed by atoms with Gasteiger partial charge in [-0.2, -0.15) is 13.2 Å². The molecule has 0 spiro atoms. The van der Waals surface area contributed by atoms with Crippen molar-refractivity contribution in [3.8, 4) is 5.69 Å². The van der Waals surface area contributed by atoms with E-state index in [4.69, 9.17) is 0 Å². The van der Waals surface area contributed by atoms with E-state index in [-0.39, 0.29) is 17.9 Å². The van der Waals surface area contributed by atoms with Gasteiger partial charge in [0.15, 0.2) is 0 Å². The van der Waals surface area contributed by atoms with Crippen molar-refractivity contribution < 1.29 is 27.9 Å². The van der Waals surface area contributed by atoms with Crippen molar-refractivity contribution in [2.24, 2.45) is 5.92 Å². The summed E-state index contributed by atoms with van der Waals surface area (Å²) >= 11 is 0. The average molecular weight is 568 g/mol. The molecule has 3 amide bonds. The van der Waals surface area contributed by atoms with Crippen molar-refractivity contribution in [3.05, 3.63) is 72.1 Å². The lowest BCUT2D eigenvalue weighted by molar-refractivity contribution is -0.122. The van der Waals surface area contributed by atoms with Crippen LogP contribution >= 0.6 is 0 Å². The van der Waals surface area contributed by atoms with Crippen LogP contribution in [-0.4, -0.2) is 52.0 Å². The monoisotopic (exact) mass is 567 g/mol. The van der Waals surface area contributed by atoms with Crippen molar-refractivity contribution in [3.63, 3.8) is 0 Å². The van der Waals surface area contributed by atoms with Crippen molar-refractivity contribution in [1.82, 2.24) is 20.2 Å². The molecule has 1 fully saturated rings. The fraction of sp³-hybridized carbons (Fsp3) is 0.367. The normalized spacial score (nSPS) is 19.3. The summed E-state index contributed by atoms with van der Waals surface area (Å²) in [5.74, 6) is 0.0397. The van der Waals surface area contributed by atoms with Crippen molar-refractivity contribution in [2.45, 2.75) is 50.8 Å². The molecular formula is C30H32F3N5O3. The van der Waals surface area contributed by atoms with Gasteiger partial charge in [0.2, 0.25) is 5.91 Å². The van der Waals surface area contributed by atoms with Gasteiger partial charge in [0.25, 0.3) is 0 Å². The van der Waals surface area contributed by atoms with E-state index in [9.17, 15) is 27.9 Å². The Morgan fingerprint density at radius 2 is 1.85 bits per heavy atom. The Labute approximate surface area is 235 Å². The van der Waals surface area contributed by atoms with Crippen molar-refractivity contribution in [2.75, 3.05) is 18.4 Å². The summed E-state index contributed by atoms with van der Waals surface area (Å²) < 4.78 is 38.9. The fourth-order valence-corrected chi connectivity index (χ4v) is 5.34. The highest BCUT2D eigenvalue weighted by Crippen LogP contribution is 2.30. The number of carbonyl (C=O) groups excluding carboxylic acids is 2. The van der Waals surface area contributed by atoms with Gasteiger partial charge in [0, 0.05) is 29.4 Å². The number of allylic oxidation sites excluding steroid dienone is 3. The highest BCUT2D eigenvalue weighted by Gasteiger charge is 2.28. The maximum Gasteiger partial charge on any atom is 0.405 e. The van der Waals surface area contributed by atoms with Gasteiger partial charge in [0.1, 0.15) is 12.9 Å². The quantitative estimate of drug-likeness (QED) is 0.303. The third kappa shape index (κ3) is 7.15. The third-order valence-corrected chi connectivity index (χ3v) is 7.58. The van der Waals surface area contributed by atoms with Crippen molar-refractivity contribution >= 4 is 34.2 Å². The summed E-state index contributed by atoms with van der Waals surface area (Å²) in [6.07, 6.45) is 5.84. The Hall–Kier alpha value is -4.12. The van der Waals surface area contributed by atoms with Crippen LogP contribution in [0.3, 0.4) is 0 Å². The Morgan fingerprint density at radius 3 is 2.61 bits per heavy atom. The molecule has 2 aliphatic rings. The van der Waals surface area contributed by atoms with Crippen LogP contribution in [0.15, 0.2) is 66.5 Å². The molecule has 0 aliphatic heterocycles. The van der Waals surface area contributed by atoms with Crippen LogP contribution in [-0.2, 0) is 4.79 Å². The SMILES string of the molecule is O=C(NCC(F)(F)F)Nc1cccc(-n2cnc3cc(C4=CC=C(C(=O)NCC5CCCCC5O)CC4)ccc32)c1. The molecule has 2 aliphatic carbocycles. The van der Waals surface area contributed by atoms with Crippen LogP contribution in [0.25, 0.3) is 22.3 Å². The van der Waals surface area contributed by atoms with Gasteiger partial charge in [0.05, 0.1) is 17.1 Å². The Bertz CT molecular complexity index is 1490. The van der Waals surface area contributed by atoms with Gasteiger partial charge in [-0.1, -0.05) is 37.1 Å². The molecule has 8 nitrogen and oxygen atoms in total. The largest absolute Gasteiger partial charge is 0.405 e. The smallest absolute Gasteiger partial charge is 0.393 e. The van der Waals surface area contributed by atoms with Crippen molar-refractivity contribution in [1.29, 1.82) is 0 Å². The Morgan fingerprint density at radius 1 is 1.02 bits per heavy atom. The van der Waals surface area contributed by atoms with Gasteiger partial charge in [-0.15, -0.1) is 0 Å². The molecule has 2 aromatic carbocycles. The molecule has 0 bridgehead atoms. The summed E-state index contributed by atoms with van der Waals surface area (Å²) in [6, 6.07) is 11.7. The van der Waals surface area contributed by atoms with E-state index in [1.54, 1.807) is 29.8 Å². The number of hydrogen-bond acceptors (Lipinski definition) is 4. The fourth-order valence-electron chi connectivity index (χ4n) is 5.34. The minimum atomic E-state index is -4.49. The first-order chi connectivity index (χ1) is 19.7. The lowest BCUT2D eigenvalue weighted by Crippen LogP contribution is -2.37. The highest BCUT2D eigenvalue weighted by molar-refractivity contribution is 5.95. The first kappa shape index (κ1) is 28.4. The number of urea groups is 1. The van der Waals surface area contributed by atoms with Gasteiger partial charge in [-0.3, -0.25) is 9.36 Å². The number of rotatable bonds is 7. The zero-order valence-electron chi connectivity index (χ0n) is 22.4. The minimum absolute atomic E-state index is 0.0816. The molecule has 5 rings (SSSR count). The summed E-state index contributed by atoms with van der Waals surface area (Å²) in [5.41, 5.74) is 5.43. The number of halogens is 3. The van der Waals surface area contributed by atoms with Crippen LogP contribution in [0.4, 0.5) is 23.7 Å². The van der Waals surface area contributed by atoms with Crippen LogP contribution in [0, 0.1) is 5.92 Å². The molecule has 2 unspecified atom stereocenters. The summed E-state index contributed by atoms with van der Waals surface area (Å²) in [4.78, 5) is 29.1. The van der Waals surface area contributed by atoms with E-state index < -0.39 is 18.8 Å². The number of nitrogens with one attached hydrogen (secondary N) is 3. The summed E-state index contributed by atoms with van der Waals surface area (Å²) in [6.45, 7) is -0.920. The Balaban J connectivity index is 1.24. The number of hydrogen-bond donors (Lipinski definition) is 4. The maximum absolute atomic E-state index is 12.7.